The summed E-state index contributed by atoms with van der Waals surface area (Å²) in [6, 6.07) is 2.04. The van der Waals surface area contributed by atoms with Gasteiger partial charge in [0.25, 0.3) is 0 Å². The number of carbonyl (C=O) groups is 1. The summed E-state index contributed by atoms with van der Waals surface area (Å²) in [5.74, 6) is 0.0436. The Morgan fingerprint density at radius 2 is 2.20 bits per heavy atom. The summed E-state index contributed by atoms with van der Waals surface area (Å²) in [7, 11) is 0. The van der Waals surface area contributed by atoms with Crippen LogP contribution < -0.4 is 5.32 Å². The van der Waals surface area contributed by atoms with E-state index < -0.39 is 0 Å². The lowest BCUT2D eigenvalue weighted by Crippen LogP contribution is -2.44. The highest BCUT2D eigenvalue weighted by molar-refractivity contribution is 5.76. The van der Waals surface area contributed by atoms with Crippen molar-refractivity contribution in [2.45, 2.75) is 65.8 Å². The molecule has 3 rings (SSSR count). The number of fused-ring (bicyclic) bond motifs is 1. The Labute approximate surface area is 148 Å². The van der Waals surface area contributed by atoms with Crippen LogP contribution in [0.5, 0.6) is 0 Å². The standard InChI is InChI=1S/C19H28N4O2/c1-12-10-17-20-13(2)15(14(3)23(17)22-12)7-8-18(25)21-16-6-5-9-19(16,4)11-24/h10,16,24H,5-9,11H2,1-4H3,(H,21,25). The maximum absolute atomic E-state index is 12.4. The molecule has 0 radical (unpaired) electrons. The van der Waals surface area contributed by atoms with Crippen LogP contribution in [-0.4, -0.2) is 38.3 Å². The molecule has 0 saturated heterocycles. The van der Waals surface area contributed by atoms with Crippen molar-refractivity contribution in [2.24, 2.45) is 5.41 Å². The number of aryl methyl sites for hydroxylation is 3. The number of carbonyl (C=O) groups excluding carboxylic acids is 1. The average molecular weight is 344 g/mol. The molecule has 1 aliphatic rings. The number of nitrogens with zero attached hydrogens (tertiary/aromatic N) is 3. The normalized spacial score (nSPS) is 23.3. The van der Waals surface area contributed by atoms with E-state index in [1.807, 2.05) is 31.4 Å². The van der Waals surface area contributed by atoms with Crippen LogP contribution in [-0.2, 0) is 11.2 Å². The summed E-state index contributed by atoms with van der Waals surface area (Å²) >= 11 is 0. The molecule has 1 fully saturated rings. The van der Waals surface area contributed by atoms with E-state index in [1.165, 1.54) is 0 Å². The molecule has 1 amide bonds. The molecular formula is C19H28N4O2. The van der Waals surface area contributed by atoms with Gasteiger partial charge in [-0.25, -0.2) is 9.50 Å². The highest BCUT2D eigenvalue weighted by Crippen LogP contribution is 2.37. The molecule has 25 heavy (non-hydrogen) atoms. The van der Waals surface area contributed by atoms with Gasteiger partial charge in [-0.15, -0.1) is 0 Å². The largest absolute Gasteiger partial charge is 0.396 e. The predicted molar refractivity (Wildman–Crippen MR) is 96.5 cm³/mol. The van der Waals surface area contributed by atoms with Crippen LogP contribution in [0.3, 0.4) is 0 Å². The fourth-order valence-corrected chi connectivity index (χ4v) is 3.98. The van der Waals surface area contributed by atoms with E-state index in [0.29, 0.717) is 12.8 Å². The van der Waals surface area contributed by atoms with Crippen molar-refractivity contribution in [3.05, 3.63) is 28.7 Å². The maximum Gasteiger partial charge on any atom is 0.220 e. The monoisotopic (exact) mass is 344 g/mol. The van der Waals surface area contributed by atoms with E-state index in [4.69, 9.17) is 0 Å². The molecule has 1 aliphatic carbocycles. The van der Waals surface area contributed by atoms with Gasteiger partial charge in [0.1, 0.15) is 0 Å². The first-order valence-electron chi connectivity index (χ1n) is 9.07. The zero-order valence-electron chi connectivity index (χ0n) is 15.6. The Kier molecular flexibility index (Phi) is 4.82. The molecule has 1 saturated carbocycles. The molecule has 6 heteroatoms. The summed E-state index contributed by atoms with van der Waals surface area (Å²) in [5.41, 5.74) is 4.69. The molecular weight excluding hydrogens is 316 g/mol. The molecule has 2 unspecified atom stereocenters. The Morgan fingerprint density at radius 1 is 1.44 bits per heavy atom. The third-order valence-corrected chi connectivity index (χ3v) is 5.67. The van der Waals surface area contributed by atoms with Crippen molar-refractivity contribution in [1.82, 2.24) is 19.9 Å². The number of aromatic nitrogens is 3. The number of hydrogen-bond acceptors (Lipinski definition) is 4. The second kappa shape index (κ2) is 6.75. The first-order chi connectivity index (χ1) is 11.8. The Bertz CT molecular complexity index is 798. The van der Waals surface area contributed by atoms with Crippen LogP contribution in [0.15, 0.2) is 6.07 Å². The number of hydrogen-bond donors (Lipinski definition) is 2. The quantitative estimate of drug-likeness (QED) is 0.872. The molecule has 2 aromatic heterocycles. The van der Waals surface area contributed by atoms with E-state index in [9.17, 15) is 9.90 Å². The van der Waals surface area contributed by atoms with Crippen LogP contribution in [0.4, 0.5) is 0 Å². The number of aliphatic hydroxyl groups excluding tert-OH is 1. The zero-order valence-corrected chi connectivity index (χ0v) is 15.6. The fourth-order valence-electron chi connectivity index (χ4n) is 3.98. The minimum absolute atomic E-state index is 0.0436. The highest BCUT2D eigenvalue weighted by Gasteiger charge is 2.38. The smallest absolute Gasteiger partial charge is 0.220 e. The van der Waals surface area contributed by atoms with E-state index in [2.05, 4.69) is 22.3 Å². The van der Waals surface area contributed by atoms with Crippen LogP contribution in [0.25, 0.3) is 5.65 Å². The summed E-state index contributed by atoms with van der Waals surface area (Å²) in [6.07, 6.45) is 4.04. The lowest BCUT2D eigenvalue weighted by molar-refractivity contribution is -0.122. The molecule has 136 valence electrons. The minimum atomic E-state index is -0.186. The maximum atomic E-state index is 12.4. The van der Waals surface area contributed by atoms with Crippen molar-refractivity contribution < 1.29 is 9.90 Å². The van der Waals surface area contributed by atoms with E-state index in [0.717, 1.165) is 47.6 Å². The second-order valence-electron chi connectivity index (χ2n) is 7.64. The molecule has 2 N–H and O–H groups in total. The molecule has 0 aliphatic heterocycles. The van der Waals surface area contributed by atoms with Crippen LogP contribution >= 0.6 is 0 Å². The molecule has 0 aromatic carbocycles. The molecule has 2 aromatic rings. The van der Waals surface area contributed by atoms with Gasteiger partial charge >= 0.3 is 0 Å². The van der Waals surface area contributed by atoms with Gasteiger partial charge in [0.15, 0.2) is 5.65 Å². The van der Waals surface area contributed by atoms with Gasteiger partial charge in [-0.2, -0.15) is 5.10 Å². The van der Waals surface area contributed by atoms with Crippen molar-refractivity contribution in [3.8, 4) is 0 Å². The highest BCUT2D eigenvalue weighted by atomic mass is 16.3. The zero-order chi connectivity index (χ0) is 18.2. The van der Waals surface area contributed by atoms with Gasteiger partial charge in [0.05, 0.1) is 12.3 Å². The third kappa shape index (κ3) is 3.40. The van der Waals surface area contributed by atoms with E-state index in [1.54, 1.807) is 0 Å². The van der Waals surface area contributed by atoms with Gasteiger partial charge < -0.3 is 10.4 Å². The molecule has 6 nitrogen and oxygen atoms in total. The summed E-state index contributed by atoms with van der Waals surface area (Å²) < 4.78 is 1.86. The van der Waals surface area contributed by atoms with Crippen molar-refractivity contribution >= 4 is 11.6 Å². The predicted octanol–water partition coefficient (Wildman–Crippen LogP) is 2.25. The Morgan fingerprint density at radius 3 is 2.92 bits per heavy atom. The number of rotatable bonds is 5. The topological polar surface area (TPSA) is 79.5 Å². The molecule has 0 bridgehead atoms. The number of aliphatic hydroxyl groups is 1. The molecule has 2 atom stereocenters. The lowest BCUT2D eigenvalue weighted by atomic mass is 9.85. The van der Waals surface area contributed by atoms with Gasteiger partial charge in [-0.05, 0) is 45.6 Å². The van der Waals surface area contributed by atoms with Crippen LogP contribution in [0, 0.1) is 26.2 Å². The van der Waals surface area contributed by atoms with Crippen molar-refractivity contribution in [3.63, 3.8) is 0 Å². The SMILES string of the molecule is Cc1cc2nc(C)c(CCC(=O)NC3CCCC3(C)CO)c(C)n2n1. The number of amides is 1. The van der Waals surface area contributed by atoms with E-state index >= 15 is 0 Å². The summed E-state index contributed by atoms with van der Waals surface area (Å²) in [5, 5.41) is 17.2. The van der Waals surface area contributed by atoms with Gasteiger partial charge in [0.2, 0.25) is 5.91 Å². The average Bonchev–Trinajstić information content (AvgIpc) is 3.10. The minimum Gasteiger partial charge on any atom is -0.396 e. The molecule has 2 heterocycles. The molecule has 0 spiro atoms. The van der Waals surface area contributed by atoms with Crippen LogP contribution in [0.2, 0.25) is 0 Å². The van der Waals surface area contributed by atoms with Crippen LogP contribution in [0.1, 0.15) is 55.3 Å². The Balaban J connectivity index is 1.69. The first kappa shape index (κ1) is 17.9. The van der Waals surface area contributed by atoms with Gasteiger partial charge in [-0.1, -0.05) is 13.3 Å². The van der Waals surface area contributed by atoms with E-state index in [-0.39, 0.29) is 24.0 Å². The Hall–Kier alpha value is -1.95. The first-order valence-corrected chi connectivity index (χ1v) is 9.07. The number of nitrogens with one attached hydrogen (secondary N) is 1. The van der Waals surface area contributed by atoms with Gasteiger partial charge in [-0.3, -0.25) is 4.79 Å². The van der Waals surface area contributed by atoms with Crippen molar-refractivity contribution in [1.29, 1.82) is 0 Å². The third-order valence-electron chi connectivity index (χ3n) is 5.67. The lowest BCUT2D eigenvalue weighted by Gasteiger charge is -2.30. The second-order valence-corrected chi connectivity index (χ2v) is 7.64. The van der Waals surface area contributed by atoms with Crippen molar-refractivity contribution in [2.75, 3.05) is 6.61 Å². The summed E-state index contributed by atoms with van der Waals surface area (Å²) in [6.45, 7) is 8.15. The van der Waals surface area contributed by atoms with Gasteiger partial charge in [0, 0.05) is 35.3 Å². The summed E-state index contributed by atoms with van der Waals surface area (Å²) in [4.78, 5) is 17.0. The fraction of sp³-hybridized carbons (Fsp3) is 0.632.